The number of carbonyl (C=O) groups excluding carboxylic acids is 2. The molecule has 0 unspecified atom stereocenters. The molecule has 0 radical (unpaired) electrons. The Morgan fingerprint density at radius 2 is 1.96 bits per heavy atom. The molecule has 1 aromatic carbocycles. The minimum absolute atomic E-state index is 0.367. The van der Waals surface area contributed by atoms with E-state index >= 15 is 0 Å². The Kier molecular flexibility index (Phi) is 6.05. The molecule has 6 heteroatoms. The lowest BCUT2D eigenvalue weighted by Gasteiger charge is -2.38. The number of hydrogen-bond donors (Lipinski definition) is 0. The summed E-state index contributed by atoms with van der Waals surface area (Å²) in [4.78, 5) is 30.2. The van der Waals surface area contributed by atoms with E-state index in [0.717, 1.165) is 30.2 Å². The van der Waals surface area contributed by atoms with Gasteiger partial charge in [0.2, 0.25) is 0 Å². The van der Waals surface area contributed by atoms with Crippen LogP contribution in [0.1, 0.15) is 37.8 Å². The third-order valence-corrected chi connectivity index (χ3v) is 5.25. The van der Waals surface area contributed by atoms with Gasteiger partial charge in [-0.1, -0.05) is 43.5 Å². The van der Waals surface area contributed by atoms with E-state index in [1.807, 2.05) is 36.4 Å². The number of likely N-dealkylation sites (N-methyl/N-ethyl adjacent to an activating group) is 1. The highest BCUT2D eigenvalue weighted by atomic mass is 16.5. The van der Waals surface area contributed by atoms with Crippen molar-refractivity contribution < 1.29 is 14.3 Å². The Morgan fingerprint density at radius 3 is 2.71 bits per heavy atom. The Bertz CT molecular complexity index is 939. The zero-order valence-corrected chi connectivity index (χ0v) is 15.9. The van der Waals surface area contributed by atoms with E-state index in [2.05, 4.69) is 11.1 Å². The van der Waals surface area contributed by atoms with Crippen molar-refractivity contribution in [1.82, 2.24) is 9.88 Å². The number of amides is 1. The summed E-state index contributed by atoms with van der Waals surface area (Å²) < 4.78 is 5.06. The molecule has 0 saturated heterocycles. The van der Waals surface area contributed by atoms with Crippen LogP contribution in [-0.2, 0) is 14.3 Å². The van der Waals surface area contributed by atoms with Gasteiger partial charge in [0.05, 0.1) is 17.3 Å². The van der Waals surface area contributed by atoms with Crippen molar-refractivity contribution in [2.75, 3.05) is 13.7 Å². The van der Waals surface area contributed by atoms with Gasteiger partial charge in [0.25, 0.3) is 5.91 Å². The largest absolute Gasteiger partial charge is 0.452 e. The molecule has 1 heterocycles. The Labute approximate surface area is 164 Å². The van der Waals surface area contributed by atoms with Gasteiger partial charge in [0, 0.05) is 18.5 Å². The fourth-order valence-electron chi connectivity index (χ4n) is 3.50. The van der Waals surface area contributed by atoms with Crippen molar-refractivity contribution in [1.29, 1.82) is 5.26 Å². The normalized spacial score (nSPS) is 15.9. The fourth-order valence-corrected chi connectivity index (χ4v) is 3.50. The number of rotatable bonds is 5. The fraction of sp³-hybridized carbons (Fsp3) is 0.364. The smallest absolute Gasteiger partial charge is 0.331 e. The van der Waals surface area contributed by atoms with Crippen LogP contribution in [0.3, 0.4) is 0 Å². The van der Waals surface area contributed by atoms with Gasteiger partial charge >= 0.3 is 5.97 Å². The summed E-state index contributed by atoms with van der Waals surface area (Å²) in [6.07, 6.45) is 7.05. The van der Waals surface area contributed by atoms with Crippen LogP contribution in [0, 0.1) is 11.3 Å². The first kappa shape index (κ1) is 19.6. The predicted octanol–water partition coefficient (Wildman–Crippen LogP) is 3.48. The minimum Gasteiger partial charge on any atom is -0.452 e. The molecule has 28 heavy (non-hydrogen) atoms. The molecule has 1 aromatic heterocycles. The Hall–Kier alpha value is -3.20. The second kappa shape index (κ2) is 8.66. The molecule has 3 rings (SSSR count). The third-order valence-electron chi connectivity index (χ3n) is 5.25. The summed E-state index contributed by atoms with van der Waals surface area (Å²) in [5.74, 6) is -0.986. The SMILES string of the molecule is CN(C(=O)COC(=O)/C=C/c1ccc2ccccc2n1)C1(C#N)CCCCC1. The first-order chi connectivity index (χ1) is 13.5. The van der Waals surface area contributed by atoms with Crippen LogP contribution in [0.4, 0.5) is 0 Å². The molecule has 0 atom stereocenters. The third kappa shape index (κ3) is 4.37. The molecular weight excluding hydrogens is 354 g/mol. The molecule has 0 bridgehead atoms. The van der Waals surface area contributed by atoms with Gasteiger partial charge in [-0.05, 0) is 31.1 Å². The van der Waals surface area contributed by atoms with Crippen molar-refractivity contribution in [2.45, 2.75) is 37.6 Å². The average Bonchev–Trinajstić information content (AvgIpc) is 2.75. The first-order valence-electron chi connectivity index (χ1n) is 9.43. The summed E-state index contributed by atoms with van der Waals surface area (Å²) in [7, 11) is 1.61. The highest BCUT2D eigenvalue weighted by molar-refractivity contribution is 5.89. The number of para-hydroxylation sites is 1. The van der Waals surface area contributed by atoms with E-state index < -0.39 is 11.5 Å². The number of nitriles is 1. The molecule has 2 aromatic rings. The maximum atomic E-state index is 12.4. The van der Waals surface area contributed by atoms with Gasteiger partial charge in [-0.25, -0.2) is 9.78 Å². The summed E-state index contributed by atoms with van der Waals surface area (Å²) in [5, 5.41) is 10.6. The second-order valence-corrected chi connectivity index (χ2v) is 7.03. The van der Waals surface area contributed by atoms with Gasteiger partial charge in [0.15, 0.2) is 6.61 Å². The number of hydrogen-bond acceptors (Lipinski definition) is 5. The highest BCUT2D eigenvalue weighted by Gasteiger charge is 2.38. The van der Waals surface area contributed by atoms with Gasteiger partial charge in [0.1, 0.15) is 5.54 Å². The first-order valence-corrected chi connectivity index (χ1v) is 9.43. The summed E-state index contributed by atoms with van der Waals surface area (Å²) in [5.41, 5.74) is 0.681. The monoisotopic (exact) mass is 377 g/mol. The van der Waals surface area contributed by atoms with Crippen molar-refractivity contribution in [3.63, 3.8) is 0 Å². The van der Waals surface area contributed by atoms with Crippen molar-refractivity contribution in [3.05, 3.63) is 48.2 Å². The zero-order chi connectivity index (χ0) is 20.0. The van der Waals surface area contributed by atoms with Gasteiger partial charge in [-0.15, -0.1) is 0 Å². The molecule has 0 aliphatic heterocycles. The molecule has 1 fully saturated rings. The number of esters is 1. The average molecular weight is 377 g/mol. The molecule has 1 amide bonds. The van der Waals surface area contributed by atoms with E-state index in [1.54, 1.807) is 13.1 Å². The summed E-state index contributed by atoms with van der Waals surface area (Å²) in [6, 6.07) is 13.7. The number of nitrogens with zero attached hydrogens (tertiary/aromatic N) is 3. The molecule has 6 nitrogen and oxygen atoms in total. The quantitative estimate of drug-likeness (QED) is 0.588. The van der Waals surface area contributed by atoms with Crippen LogP contribution in [0.25, 0.3) is 17.0 Å². The molecule has 0 N–H and O–H groups in total. The van der Waals surface area contributed by atoms with Gasteiger partial charge in [-0.2, -0.15) is 5.26 Å². The van der Waals surface area contributed by atoms with Crippen molar-refractivity contribution in [3.8, 4) is 6.07 Å². The van der Waals surface area contributed by atoms with E-state index in [0.29, 0.717) is 18.5 Å². The predicted molar refractivity (Wildman–Crippen MR) is 106 cm³/mol. The Balaban J connectivity index is 1.56. The van der Waals surface area contributed by atoms with E-state index in [9.17, 15) is 14.9 Å². The van der Waals surface area contributed by atoms with Crippen LogP contribution >= 0.6 is 0 Å². The van der Waals surface area contributed by atoms with Crippen molar-refractivity contribution >= 4 is 28.9 Å². The molecule has 1 aliphatic rings. The summed E-state index contributed by atoms with van der Waals surface area (Å²) in [6.45, 7) is -0.381. The molecule has 0 spiro atoms. The van der Waals surface area contributed by atoms with Gasteiger partial charge < -0.3 is 9.64 Å². The number of ether oxygens (including phenoxy) is 1. The van der Waals surface area contributed by atoms with Crippen LogP contribution in [0.15, 0.2) is 42.5 Å². The number of pyridine rings is 1. The zero-order valence-electron chi connectivity index (χ0n) is 15.9. The minimum atomic E-state index is -0.785. The highest BCUT2D eigenvalue weighted by Crippen LogP contribution is 2.32. The molecular formula is C22H23N3O3. The maximum Gasteiger partial charge on any atom is 0.331 e. The van der Waals surface area contributed by atoms with Gasteiger partial charge in [-0.3, -0.25) is 4.79 Å². The standard InChI is InChI=1S/C22H23N3O3/c1-25(22(16-23)13-5-2-6-14-22)20(26)15-28-21(27)12-11-18-10-9-17-7-3-4-8-19(17)24-18/h3-4,7-12H,2,5-6,13-15H2,1H3/b12-11+. The topological polar surface area (TPSA) is 83.3 Å². The lowest BCUT2D eigenvalue weighted by molar-refractivity contribution is -0.150. The van der Waals surface area contributed by atoms with Crippen LogP contribution in [0.5, 0.6) is 0 Å². The second-order valence-electron chi connectivity index (χ2n) is 7.03. The molecule has 144 valence electrons. The Morgan fingerprint density at radius 1 is 1.21 bits per heavy atom. The lowest BCUT2D eigenvalue weighted by atomic mass is 9.81. The number of carbonyl (C=O) groups is 2. The van der Waals surface area contributed by atoms with E-state index in [4.69, 9.17) is 4.74 Å². The summed E-state index contributed by atoms with van der Waals surface area (Å²) >= 11 is 0. The number of benzene rings is 1. The lowest BCUT2D eigenvalue weighted by Crippen LogP contribution is -2.51. The van der Waals surface area contributed by atoms with E-state index in [1.165, 1.54) is 11.0 Å². The number of fused-ring (bicyclic) bond motifs is 1. The van der Waals surface area contributed by atoms with Crippen LogP contribution in [0.2, 0.25) is 0 Å². The maximum absolute atomic E-state index is 12.4. The molecule has 1 saturated carbocycles. The van der Waals surface area contributed by atoms with Crippen LogP contribution in [-0.4, -0.2) is 41.0 Å². The van der Waals surface area contributed by atoms with Crippen molar-refractivity contribution in [2.24, 2.45) is 0 Å². The van der Waals surface area contributed by atoms with Crippen LogP contribution < -0.4 is 0 Å². The number of aromatic nitrogens is 1. The molecule has 1 aliphatic carbocycles. The van der Waals surface area contributed by atoms with E-state index in [-0.39, 0.29) is 12.5 Å².